The Morgan fingerprint density at radius 3 is 2.59 bits per heavy atom. The lowest BCUT2D eigenvalue weighted by atomic mass is 9.78. The molecule has 0 bridgehead atoms. The molecule has 5 nitrogen and oxygen atoms in total. The summed E-state index contributed by atoms with van der Waals surface area (Å²) in [7, 11) is 0. The van der Waals surface area contributed by atoms with Gasteiger partial charge in [-0.25, -0.2) is 4.79 Å². The van der Waals surface area contributed by atoms with Gasteiger partial charge >= 0.3 is 5.69 Å². The Hall–Kier alpha value is -2.14. The van der Waals surface area contributed by atoms with E-state index in [0.29, 0.717) is 18.2 Å². The quantitative estimate of drug-likeness (QED) is 0.906. The molecule has 1 aromatic heterocycles. The van der Waals surface area contributed by atoms with E-state index in [1.807, 2.05) is 6.07 Å². The van der Waals surface area contributed by atoms with Gasteiger partial charge in [-0.3, -0.25) is 14.7 Å². The zero-order valence-corrected chi connectivity index (χ0v) is 12.9. The first-order valence-corrected chi connectivity index (χ1v) is 7.54. The first-order chi connectivity index (χ1) is 10.4. The number of rotatable bonds is 3. The van der Waals surface area contributed by atoms with Crippen LogP contribution in [0.3, 0.4) is 0 Å². The Labute approximate surface area is 129 Å². The van der Waals surface area contributed by atoms with Crippen molar-refractivity contribution >= 4 is 0 Å². The van der Waals surface area contributed by atoms with Gasteiger partial charge in [0.2, 0.25) is 0 Å². The van der Waals surface area contributed by atoms with Crippen LogP contribution in [0.4, 0.5) is 0 Å². The van der Waals surface area contributed by atoms with Gasteiger partial charge < -0.3 is 4.98 Å². The van der Waals surface area contributed by atoms with E-state index < -0.39 is 5.69 Å². The second kappa shape index (κ2) is 5.57. The minimum Gasteiger partial charge on any atom is -0.310 e. The molecule has 3 rings (SSSR count). The highest BCUT2D eigenvalue weighted by molar-refractivity contribution is 5.24. The lowest BCUT2D eigenvalue weighted by molar-refractivity contribution is 0.279. The van der Waals surface area contributed by atoms with Crippen molar-refractivity contribution < 1.29 is 0 Å². The molecule has 1 aliphatic rings. The molecular formula is C17H21N3O2. The summed E-state index contributed by atoms with van der Waals surface area (Å²) in [4.78, 5) is 30.0. The van der Waals surface area contributed by atoms with Crippen molar-refractivity contribution in [2.45, 2.75) is 26.3 Å². The number of nitrogens with zero attached hydrogens (tertiary/aromatic N) is 1. The highest BCUT2D eigenvalue weighted by atomic mass is 16.2. The number of aromatic nitrogens is 2. The molecule has 0 unspecified atom stereocenters. The highest BCUT2D eigenvalue weighted by Gasteiger charge is 2.39. The van der Waals surface area contributed by atoms with Crippen molar-refractivity contribution in [1.82, 2.24) is 14.9 Å². The molecule has 2 aromatic rings. The Morgan fingerprint density at radius 1 is 1.18 bits per heavy atom. The van der Waals surface area contributed by atoms with Gasteiger partial charge in [0.05, 0.1) is 0 Å². The third-order valence-corrected chi connectivity index (χ3v) is 4.43. The van der Waals surface area contributed by atoms with Gasteiger partial charge in [0, 0.05) is 37.3 Å². The van der Waals surface area contributed by atoms with Gasteiger partial charge in [-0.1, -0.05) is 44.2 Å². The van der Waals surface area contributed by atoms with Crippen LogP contribution in [0, 0.1) is 5.41 Å². The summed E-state index contributed by atoms with van der Waals surface area (Å²) in [5.41, 5.74) is 1.37. The lowest BCUT2D eigenvalue weighted by Gasteiger charge is -2.26. The van der Waals surface area contributed by atoms with Gasteiger partial charge in [-0.05, 0) is 11.0 Å². The van der Waals surface area contributed by atoms with Crippen molar-refractivity contribution in [2.75, 3.05) is 13.1 Å². The maximum atomic E-state index is 11.4. The molecule has 0 spiro atoms. The molecule has 1 saturated heterocycles. The first-order valence-electron chi connectivity index (χ1n) is 7.54. The Bertz CT molecular complexity index is 733. The van der Waals surface area contributed by atoms with Crippen LogP contribution in [0.2, 0.25) is 0 Å². The summed E-state index contributed by atoms with van der Waals surface area (Å²) in [6.07, 6.45) is 0. The van der Waals surface area contributed by atoms with Gasteiger partial charge in [0.1, 0.15) is 0 Å². The fourth-order valence-corrected chi connectivity index (χ4v) is 3.46. The lowest BCUT2D eigenvalue weighted by Crippen LogP contribution is -2.28. The molecule has 1 fully saturated rings. The molecule has 0 saturated carbocycles. The summed E-state index contributed by atoms with van der Waals surface area (Å²) < 4.78 is 0. The van der Waals surface area contributed by atoms with E-state index in [-0.39, 0.29) is 11.0 Å². The maximum Gasteiger partial charge on any atom is 0.325 e. The van der Waals surface area contributed by atoms with E-state index in [0.717, 1.165) is 13.1 Å². The number of hydrogen-bond acceptors (Lipinski definition) is 3. The van der Waals surface area contributed by atoms with Crippen LogP contribution in [0.1, 0.15) is 31.0 Å². The number of benzene rings is 1. The number of nitrogens with one attached hydrogen (secondary N) is 2. The number of likely N-dealkylation sites (tertiary alicyclic amines) is 1. The highest BCUT2D eigenvalue weighted by Crippen LogP contribution is 2.42. The van der Waals surface area contributed by atoms with Crippen molar-refractivity contribution in [3.8, 4) is 0 Å². The average molecular weight is 299 g/mol. The van der Waals surface area contributed by atoms with E-state index in [2.05, 4.69) is 53.0 Å². The number of hydrogen-bond donors (Lipinski definition) is 2. The molecule has 1 atom stereocenters. The number of aromatic amines is 2. The smallest absolute Gasteiger partial charge is 0.310 e. The molecule has 22 heavy (non-hydrogen) atoms. The summed E-state index contributed by atoms with van der Waals surface area (Å²) in [6.45, 7) is 6.98. The summed E-state index contributed by atoms with van der Waals surface area (Å²) in [6, 6.07) is 12.0. The van der Waals surface area contributed by atoms with E-state index in [9.17, 15) is 9.59 Å². The fourth-order valence-electron chi connectivity index (χ4n) is 3.46. The molecule has 116 valence electrons. The fraction of sp³-hybridized carbons (Fsp3) is 0.412. The topological polar surface area (TPSA) is 69.0 Å². The Kier molecular flexibility index (Phi) is 3.74. The average Bonchev–Trinajstić information content (AvgIpc) is 2.73. The van der Waals surface area contributed by atoms with Crippen molar-refractivity contribution in [1.29, 1.82) is 0 Å². The minimum absolute atomic E-state index is 0.156. The molecule has 0 amide bonds. The summed E-state index contributed by atoms with van der Waals surface area (Å²) >= 11 is 0. The van der Waals surface area contributed by atoms with Crippen molar-refractivity contribution in [3.63, 3.8) is 0 Å². The molecule has 0 radical (unpaired) electrons. The predicted molar refractivity (Wildman–Crippen MR) is 85.9 cm³/mol. The number of H-pyrrole nitrogens is 2. The molecule has 2 N–H and O–H groups in total. The maximum absolute atomic E-state index is 11.4. The Morgan fingerprint density at radius 2 is 1.91 bits per heavy atom. The second-order valence-corrected chi connectivity index (χ2v) is 6.73. The van der Waals surface area contributed by atoms with Crippen LogP contribution >= 0.6 is 0 Å². The van der Waals surface area contributed by atoms with Gasteiger partial charge in [0.25, 0.3) is 5.56 Å². The normalized spacial score (nSPS) is 21.1. The van der Waals surface area contributed by atoms with Crippen LogP contribution in [0.15, 0.2) is 46.0 Å². The van der Waals surface area contributed by atoms with Crippen molar-refractivity contribution in [3.05, 3.63) is 68.5 Å². The van der Waals surface area contributed by atoms with Gasteiger partial charge in [-0.2, -0.15) is 0 Å². The molecular weight excluding hydrogens is 278 g/mol. The van der Waals surface area contributed by atoms with Crippen LogP contribution in [-0.2, 0) is 6.54 Å². The van der Waals surface area contributed by atoms with Crippen LogP contribution in [0.5, 0.6) is 0 Å². The van der Waals surface area contributed by atoms with E-state index in [1.165, 1.54) is 11.6 Å². The first kappa shape index (κ1) is 14.8. The Balaban J connectivity index is 1.80. The predicted octanol–water partition coefficient (Wildman–Crippen LogP) is 1.69. The molecule has 1 aromatic carbocycles. The minimum atomic E-state index is -0.444. The zero-order chi connectivity index (χ0) is 15.7. The van der Waals surface area contributed by atoms with Crippen molar-refractivity contribution in [2.24, 2.45) is 5.41 Å². The second-order valence-electron chi connectivity index (χ2n) is 6.73. The van der Waals surface area contributed by atoms with E-state index in [4.69, 9.17) is 0 Å². The summed E-state index contributed by atoms with van der Waals surface area (Å²) in [5, 5.41) is 0. The van der Waals surface area contributed by atoms with Crippen LogP contribution in [-0.4, -0.2) is 28.0 Å². The van der Waals surface area contributed by atoms with Crippen LogP contribution < -0.4 is 11.2 Å². The largest absolute Gasteiger partial charge is 0.325 e. The third kappa shape index (κ3) is 3.04. The van der Waals surface area contributed by atoms with Gasteiger partial charge in [-0.15, -0.1) is 0 Å². The molecule has 2 heterocycles. The summed E-state index contributed by atoms with van der Waals surface area (Å²) in [5.74, 6) is 0.447. The van der Waals surface area contributed by atoms with E-state index >= 15 is 0 Å². The third-order valence-electron chi connectivity index (χ3n) is 4.43. The van der Waals surface area contributed by atoms with Gasteiger partial charge in [0.15, 0.2) is 0 Å². The SMILES string of the molecule is CC1(C)CN(Cc2cc(=O)[nH]c(=O)[nH]2)C[C@H]1c1ccccc1. The van der Waals surface area contributed by atoms with E-state index in [1.54, 1.807) is 0 Å². The van der Waals surface area contributed by atoms with Crippen LogP contribution in [0.25, 0.3) is 0 Å². The molecule has 1 aliphatic heterocycles. The molecule has 5 heteroatoms. The standard InChI is InChI=1S/C17H21N3O2/c1-17(2)11-20(9-13-8-15(21)19-16(22)18-13)10-14(17)12-6-4-3-5-7-12/h3-8,14H,9-11H2,1-2H3,(H2,18,19,21,22)/t14-/m0/s1. The monoisotopic (exact) mass is 299 g/mol. The zero-order valence-electron chi connectivity index (χ0n) is 12.9. The molecule has 0 aliphatic carbocycles.